The summed E-state index contributed by atoms with van der Waals surface area (Å²) in [6, 6.07) is 11.9. The van der Waals surface area contributed by atoms with Crippen molar-refractivity contribution in [3.8, 4) is 11.3 Å². The molecule has 0 aromatic carbocycles. The molecule has 2 aliphatic rings. The number of nitrogens with zero attached hydrogens (tertiary/aromatic N) is 3. The topological polar surface area (TPSA) is 85.4 Å². The first-order valence-electron chi connectivity index (χ1n) is 10.0. The van der Waals surface area contributed by atoms with Gasteiger partial charge in [0, 0.05) is 61.2 Å². The van der Waals surface area contributed by atoms with Crippen LogP contribution >= 0.6 is 0 Å². The van der Waals surface area contributed by atoms with Crippen LogP contribution in [0.3, 0.4) is 0 Å². The maximum Gasteiger partial charge on any atom is 0.289 e. The van der Waals surface area contributed by atoms with Gasteiger partial charge in [-0.15, -0.1) is 0 Å². The average Bonchev–Trinajstić information content (AvgIpc) is 2.73. The molecule has 1 amide bonds. The first-order valence-corrected chi connectivity index (χ1v) is 10.0. The number of pyridine rings is 2. The second-order valence-corrected chi connectivity index (χ2v) is 8.11. The first-order chi connectivity index (χ1) is 14.5. The number of rotatable bonds is 2. The summed E-state index contributed by atoms with van der Waals surface area (Å²) in [5.41, 5.74) is 2.20. The highest BCUT2D eigenvalue weighted by molar-refractivity contribution is 5.91. The zero-order chi connectivity index (χ0) is 20.8. The van der Waals surface area contributed by atoms with Gasteiger partial charge in [-0.25, -0.2) is 0 Å². The number of hydrogen-bond acceptors (Lipinski definition) is 5. The molecule has 30 heavy (non-hydrogen) atoms. The molecule has 0 saturated carbocycles. The smallest absolute Gasteiger partial charge is 0.289 e. The van der Waals surface area contributed by atoms with Gasteiger partial charge in [0.1, 0.15) is 5.76 Å². The number of piperidine rings is 1. The molecule has 1 saturated heterocycles. The Morgan fingerprint density at radius 3 is 2.73 bits per heavy atom. The molecule has 5 heterocycles. The van der Waals surface area contributed by atoms with Crippen molar-refractivity contribution < 1.29 is 9.21 Å². The van der Waals surface area contributed by atoms with Gasteiger partial charge in [0.25, 0.3) is 11.5 Å². The van der Waals surface area contributed by atoms with Crippen LogP contribution in [0.4, 0.5) is 0 Å². The minimum atomic E-state index is -0.276. The average molecular weight is 403 g/mol. The van der Waals surface area contributed by atoms with Crippen molar-refractivity contribution in [1.29, 1.82) is 0 Å². The molecule has 152 valence electrons. The van der Waals surface area contributed by atoms with E-state index >= 15 is 0 Å². The zero-order valence-electron chi connectivity index (χ0n) is 16.6. The number of hydrogen-bond donors (Lipinski definition) is 0. The lowest BCUT2D eigenvalue weighted by atomic mass is 9.82. The van der Waals surface area contributed by atoms with Gasteiger partial charge in [0.2, 0.25) is 0 Å². The van der Waals surface area contributed by atoms with Crippen LogP contribution in [0.15, 0.2) is 62.7 Å². The summed E-state index contributed by atoms with van der Waals surface area (Å²) >= 11 is 0. The van der Waals surface area contributed by atoms with Crippen LogP contribution in [0.25, 0.3) is 11.3 Å². The summed E-state index contributed by atoms with van der Waals surface area (Å²) in [6.45, 7) is 3.26. The Morgan fingerprint density at radius 1 is 1.10 bits per heavy atom. The van der Waals surface area contributed by atoms with Crippen LogP contribution in [-0.2, 0) is 6.54 Å². The van der Waals surface area contributed by atoms with E-state index in [-0.39, 0.29) is 34.5 Å². The molecule has 0 spiro atoms. The lowest BCUT2D eigenvalue weighted by Crippen LogP contribution is -2.49. The summed E-state index contributed by atoms with van der Waals surface area (Å²) in [5.74, 6) is 0.450. The van der Waals surface area contributed by atoms with Gasteiger partial charge >= 0.3 is 0 Å². The second-order valence-electron chi connectivity index (χ2n) is 8.11. The molecule has 2 aliphatic heterocycles. The van der Waals surface area contributed by atoms with Gasteiger partial charge in [0.15, 0.2) is 11.2 Å². The fourth-order valence-corrected chi connectivity index (χ4v) is 4.67. The van der Waals surface area contributed by atoms with Gasteiger partial charge in [-0.3, -0.25) is 19.4 Å². The van der Waals surface area contributed by atoms with Crippen molar-refractivity contribution >= 4 is 5.91 Å². The van der Waals surface area contributed by atoms with Crippen molar-refractivity contribution in [2.75, 3.05) is 13.1 Å². The number of likely N-dealkylation sites (tertiary alicyclic amines) is 1. The molecule has 7 nitrogen and oxygen atoms in total. The van der Waals surface area contributed by atoms with E-state index in [0.717, 1.165) is 23.4 Å². The third-order valence-corrected chi connectivity index (χ3v) is 5.90. The number of amides is 1. The SMILES string of the molecule is Cc1cc(=O)cc(C(=O)N2C[C@@H]3C[C@H](C2)c2cc(-c4ccccn4)cc(=O)n2C3)o1. The lowest BCUT2D eigenvalue weighted by Gasteiger charge is -2.42. The van der Waals surface area contributed by atoms with Crippen molar-refractivity contribution in [1.82, 2.24) is 14.5 Å². The van der Waals surface area contributed by atoms with E-state index in [2.05, 4.69) is 4.98 Å². The summed E-state index contributed by atoms with van der Waals surface area (Å²) < 4.78 is 7.34. The van der Waals surface area contributed by atoms with Gasteiger partial charge in [-0.05, 0) is 37.5 Å². The quantitative estimate of drug-likeness (QED) is 0.656. The number of carbonyl (C=O) groups is 1. The first kappa shape index (κ1) is 18.5. The van der Waals surface area contributed by atoms with E-state index in [1.807, 2.05) is 28.8 Å². The predicted octanol–water partition coefficient (Wildman–Crippen LogP) is 2.43. The molecule has 1 fully saturated rings. The Balaban J connectivity index is 1.49. The molecule has 0 unspecified atom stereocenters. The van der Waals surface area contributed by atoms with Gasteiger partial charge in [-0.2, -0.15) is 0 Å². The number of carbonyl (C=O) groups excluding carboxylic acids is 1. The monoisotopic (exact) mass is 403 g/mol. The molecule has 0 aliphatic carbocycles. The molecule has 0 N–H and O–H groups in total. The Bertz CT molecular complexity index is 1250. The molecule has 7 heteroatoms. The van der Waals surface area contributed by atoms with Crippen LogP contribution in [0.5, 0.6) is 0 Å². The summed E-state index contributed by atoms with van der Waals surface area (Å²) in [5, 5.41) is 0. The van der Waals surface area contributed by atoms with Crippen molar-refractivity contribution in [3.63, 3.8) is 0 Å². The predicted molar refractivity (Wildman–Crippen MR) is 110 cm³/mol. The van der Waals surface area contributed by atoms with Crippen LogP contribution in [0, 0.1) is 12.8 Å². The number of aromatic nitrogens is 2. The molecule has 2 bridgehead atoms. The maximum absolute atomic E-state index is 13.0. The van der Waals surface area contributed by atoms with Crippen molar-refractivity contribution in [2.45, 2.75) is 25.8 Å². The van der Waals surface area contributed by atoms with E-state index in [1.54, 1.807) is 24.1 Å². The second kappa shape index (κ2) is 7.09. The van der Waals surface area contributed by atoms with E-state index in [9.17, 15) is 14.4 Å². The molecular weight excluding hydrogens is 382 g/mol. The van der Waals surface area contributed by atoms with Crippen LogP contribution in [-0.4, -0.2) is 33.4 Å². The highest BCUT2D eigenvalue weighted by atomic mass is 16.3. The fourth-order valence-electron chi connectivity index (χ4n) is 4.67. The molecule has 3 aromatic rings. The van der Waals surface area contributed by atoms with Gasteiger partial charge < -0.3 is 13.9 Å². The molecule has 5 rings (SSSR count). The van der Waals surface area contributed by atoms with Crippen LogP contribution < -0.4 is 11.0 Å². The minimum absolute atomic E-state index is 0.0349. The molecule has 2 atom stereocenters. The fraction of sp³-hybridized carbons (Fsp3) is 0.304. The third-order valence-electron chi connectivity index (χ3n) is 5.90. The Hall–Kier alpha value is -3.48. The Kier molecular flexibility index (Phi) is 4.38. The third kappa shape index (κ3) is 3.26. The summed E-state index contributed by atoms with van der Waals surface area (Å²) in [6.07, 6.45) is 2.63. The largest absolute Gasteiger partial charge is 0.456 e. The lowest BCUT2D eigenvalue weighted by molar-refractivity contribution is 0.0559. The Morgan fingerprint density at radius 2 is 1.97 bits per heavy atom. The van der Waals surface area contributed by atoms with E-state index < -0.39 is 0 Å². The maximum atomic E-state index is 13.0. The highest BCUT2D eigenvalue weighted by Gasteiger charge is 2.37. The molecule has 3 aromatic heterocycles. The van der Waals surface area contributed by atoms with E-state index in [0.29, 0.717) is 25.4 Å². The number of aryl methyl sites for hydroxylation is 1. The highest BCUT2D eigenvalue weighted by Crippen LogP contribution is 2.36. The molecular formula is C23H21N3O4. The number of fused-ring (bicyclic) bond motifs is 4. The Labute approximate surface area is 172 Å². The van der Waals surface area contributed by atoms with Crippen LogP contribution in [0.1, 0.15) is 34.3 Å². The van der Waals surface area contributed by atoms with Crippen molar-refractivity contribution in [3.05, 3.63) is 86.5 Å². The van der Waals surface area contributed by atoms with E-state index in [1.165, 1.54) is 12.1 Å². The minimum Gasteiger partial charge on any atom is -0.456 e. The summed E-state index contributed by atoms with van der Waals surface area (Å²) in [7, 11) is 0. The normalized spacial score (nSPS) is 20.0. The van der Waals surface area contributed by atoms with Gasteiger partial charge in [-0.1, -0.05) is 6.07 Å². The molecule has 0 radical (unpaired) electrons. The summed E-state index contributed by atoms with van der Waals surface area (Å²) in [4.78, 5) is 43.7. The zero-order valence-corrected chi connectivity index (χ0v) is 16.6. The standard InChI is InChI=1S/C23H21N3O4/c1-14-6-18(27)10-21(30-14)23(29)25-11-15-7-17(13-25)20-8-16(9-22(28)26(20)12-15)19-4-2-3-5-24-19/h2-6,8-10,15,17H,7,11-13H2,1H3/t15-,17+/m0/s1. The van der Waals surface area contributed by atoms with Crippen LogP contribution in [0.2, 0.25) is 0 Å². The van der Waals surface area contributed by atoms with Crippen molar-refractivity contribution in [2.24, 2.45) is 5.92 Å². The van der Waals surface area contributed by atoms with Gasteiger partial charge in [0.05, 0.1) is 5.69 Å². The van der Waals surface area contributed by atoms with E-state index in [4.69, 9.17) is 4.42 Å².